The van der Waals surface area contributed by atoms with Gasteiger partial charge in [0.1, 0.15) is 6.10 Å². The lowest BCUT2D eigenvalue weighted by Crippen LogP contribution is -2.26. The van der Waals surface area contributed by atoms with Gasteiger partial charge in [-0.1, -0.05) is 24.3 Å². The van der Waals surface area contributed by atoms with Crippen LogP contribution in [0.2, 0.25) is 0 Å². The van der Waals surface area contributed by atoms with E-state index in [4.69, 9.17) is 9.47 Å². The molecule has 3 unspecified atom stereocenters. The Hall–Kier alpha value is -1.81. The molecule has 1 aromatic carbocycles. The van der Waals surface area contributed by atoms with Crippen LogP contribution in [0.4, 0.5) is 10.5 Å². The predicted octanol–water partition coefficient (Wildman–Crippen LogP) is 3.27. The Morgan fingerprint density at radius 3 is 2.77 bits per heavy atom. The molecule has 2 aliphatic carbocycles. The Morgan fingerprint density at radius 2 is 2.18 bits per heavy atom. The minimum Gasteiger partial charge on any atom is -0.441 e. The van der Waals surface area contributed by atoms with E-state index in [1.807, 2.05) is 12.1 Å². The Balaban J connectivity index is 1.53. The molecule has 0 spiro atoms. The van der Waals surface area contributed by atoms with Crippen LogP contribution >= 0.6 is 0 Å². The zero-order valence-corrected chi connectivity index (χ0v) is 12.8. The van der Waals surface area contributed by atoms with E-state index in [-0.39, 0.29) is 17.6 Å². The van der Waals surface area contributed by atoms with Crippen LogP contribution < -0.4 is 4.90 Å². The van der Waals surface area contributed by atoms with Crippen LogP contribution in [-0.2, 0) is 14.9 Å². The molecule has 0 aromatic heterocycles. The van der Waals surface area contributed by atoms with Gasteiger partial charge in [-0.2, -0.15) is 0 Å². The van der Waals surface area contributed by atoms with Crippen molar-refractivity contribution < 1.29 is 14.3 Å². The van der Waals surface area contributed by atoms with E-state index in [1.54, 1.807) is 12.0 Å². The molecule has 1 heterocycles. The number of methoxy groups -OCH3 is 1. The number of ether oxygens (including phenoxy) is 2. The fourth-order valence-electron chi connectivity index (χ4n) is 4.09. The number of carbonyl (C=O) groups is 1. The molecule has 4 heteroatoms. The molecular weight excluding hydrogens is 278 g/mol. The lowest BCUT2D eigenvalue weighted by atomic mass is 9.80. The van der Waals surface area contributed by atoms with Crippen molar-refractivity contribution in [2.24, 2.45) is 5.92 Å². The molecule has 2 bridgehead atoms. The van der Waals surface area contributed by atoms with Crippen LogP contribution in [0.25, 0.3) is 0 Å². The maximum absolute atomic E-state index is 12.0. The number of rotatable bonds is 4. The lowest BCUT2D eigenvalue weighted by Gasteiger charge is -2.25. The van der Waals surface area contributed by atoms with E-state index >= 15 is 0 Å². The summed E-state index contributed by atoms with van der Waals surface area (Å²) in [6.07, 6.45) is 8.08. The molecule has 1 aliphatic heterocycles. The molecule has 4 nitrogen and oxygen atoms in total. The third kappa shape index (κ3) is 2.13. The van der Waals surface area contributed by atoms with Gasteiger partial charge in [0.2, 0.25) is 0 Å². The number of cyclic esters (lactones) is 1. The molecule has 1 saturated heterocycles. The van der Waals surface area contributed by atoms with Gasteiger partial charge in [0.25, 0.3) is 0 Å². The van der Waals surface area contributed by atoms with E-state index < -0.39 is 0 Å². The van der Waals surface area contributed by atoms with Crippen molar-refractivity contribution in [1.82, 2.24) is 0 Å². The summed E-state index contributed by atoms with van der Waals surface area (Å²) in [5.41, 5.74) is 2.52. The third-order valence-corrected chi connectivity index (χ3v) is 5.26. The van der Waals surface area contributed by atoms with Crippen LogP contribution in [-0.4, -0.2) is 32.5 Å². The summed E-state index contributed by atoms with van der Waals surface area (Å²) in [5.74, 6) is 0.767. The average molecular weight is 299 g/mol. The van der Waals surface area contributed by atoms with Gasteiger partial charge >= 0.3 is 6.09 Å². The van der Waals surface area contributed by atoms with E-state index in [2.05, 4.69) is 24.3 Å². The Morgan fingerprint density at radius 1 is 1.36 bits per heavy atom. The molecule has 1 amide bonds. The maximum Gasteiger partial charge on any atom is 0.414 e. The van der Waals surface area contributed by atoms with Crippen LogP contribution in [0.15, 0.2) is 36.4 Å². The standard InChI is InChI=1S/C18H21NO3/c1-21-12-16-11-19(17(20)22-16)15-4-2-14(3-5-15)18-8-6-13(10-18)7-9-18/h2-6,8,13,16H,7,9-12H2,1H3. The number of carbonyl (C=O) groups excluding carboxylic acids is 1. The highest BCUT2D eigenvalue weighted by Crippen LogP contribution is 2.50. The molecule has 2 fully saturated rings. The first-order chi connectivity index (χ1) is 10.7. The highest BCUT2D eigenvalue weighted by atomic mass is 16.6. The smallest absolute Gasteiger partial charge is 0.414 e. The summed E-state index contributed by atoms with van der Waals surface area (Å²) in [6, 6.07) is 8.43. The summed E-state index contributed by atoms with van der Waals surface area (Å²) in [5, 5.41) is 0. The monoisotopic (exact) mass is 299 g/mol. The number of hydrogen-bond donors (Lipinski definition) is 0. The van der Waals surface area contributed by atoms with Gasteiger partial charge < -0.3 is 9.47 Å². The molecule has 3 aliphatic rings. The fourth-order valence-corrected chi connectivity index (χ4v) is 4.09. The second-order valence-corrected chi connectivity index (χ2v) is 6.64. The topological polar surface area (TPSA) is 38.8 Å². The van der Waals surface area contributed by atoms with Crippen LogP contribution in [0.1, 0.15) is 24.8 Å². The lowest BCUT2D eigenvalue weighted by molar-refractivity contribution is 0.0718. The maximum atomic E-state index is 12.0. The van der Waals surface area contributed by atoms with E-state index in [9.17, 15) is 4.79 Å². The van der Waals surface area contributed by atoms with Gasteiger partial charge in [-0.15, -0.1) is 0 Å². The second-order valence-electron chi connectivity index (χ2n) is 6.64. The van der Waals surface area contributed by atoms with Crippen molar-refractivity contribution in [3.05, 3.63) is 42.0 Å². The Labute approximate surface area is 130 Å². The highest BCUT2D eigenvalue weighted by Gasteiger charge is 2.42. The molecule has 3 atom stereocenters. The zero-order valence-electron chi connectivity index (χ0n) is 12.8. The van der Waals surface area contributed by atoms with Gasteiger partial charge in [0, 0.05) is 18.2 Å². The predicted molar refractivity (Wildman–Crippen MR) is 84.1 cm³/mol. The largest absolute Gasteiger partial charge is 0.441 e. The first-order valence-corrected chi connectivity index (χ1v) is 7.97. The molecule has 1 saturated carbocycles. The van der Waals surface area contributed by atoms with Gasteiger partial charge in [0.05, 0.1) is 13.2 Å². The molecule has 0 radical (unpaired) electrons. The summed E-state index contributed by atoms with van der Waals surface area (Å²) < 4.78 is 10.4. The molecule has 4 rings (SSSR count). The minimum absolute atomic E-state index is 0.177. The van der Waals surface area contributed by atoms with Crippen molar-refractivity contribution in [3.8, 4) is 0 Å². The van der Waals surface area contributed by atoms with Crippen LogP contribution in [0, 0.1) is 5.92 Å². The van der Waals surface area contributed by atoms with E-state index in [0.29, 0.717) is 13.2 Å². The van der Waals surface area contributed by atoms with Crippen LogP contribution in [0.3, 0.4) is 0 Å². The summed E-state index contributed by atoms with van der Waals surface area (Å²) >= 11 is 0. The molecular formula is C18H21NO3. The number of fused-ring (bicyclic) bond motifs is 2. The number of allylic oxidation sites excluding steroid dienone is 2. The number of amides is 1. The van der Waals surface area contributed by atoms with Gasteiger partial charge in [-0.3, -0.25) is 4.90 Å². The average Bonchev–Trinajstić information content (AvgIpc) is 3.23. The molecule has 1 aromatic rings. The zero-order chi connectivity index (χ0) is 15.2. The number of hydrogen-bond acceptors (Lipinski definition) is 3. The highest BCUT2D eigenvalue weighted by molar-refractivity contribution is 5.89. The Kier molecular flexibility index (Phi) is 3.22. The first-order valence-electron chi connectivity index (χ1n) is 7.97. The van der Waals surface area contributed by atoms with E-state index in [0.717, 1.165) is 11.6 Å². The van der Waals surface area contributed by atoms with Crippen molar-refractivity contribution >= 4 is 11.8 Å². The minimum atomic E-state index is -0.283. The summed E-state index contributed by atoms with van der Waals surface area (Å²) in [6.45, 7) is 0.995. The quantitative estimate of drug-likeness (QED) is 0.801. The fraction of sp³-hybridized carbons (Fsp3) is 0.500. The van der Waals surface area contributed by atoms with Gasteiger partial charge in [0.15, 0.2) is 0 Å². The Bertz CT molecular complexity index is 609. The van der Waals surface area contributed by atoms with Crippen molar-refractivity contribution in [3.63, 3.8) is 0 Å². The second kappa shape index (κ2) is 5.13. The van der Waals surface area contributed by atoms with Gasteiger partial charge in [-0.25, -0.2) is 4.79 Å². The van der Waals surface area contributed by atoms with Gasteiger partial charge in [-0.05, 0) is 42.9 Å². The van der Waals surface area contributed by atoms with Crippen molar-refractivity contribution in [2.45, 2.75) is 30.8 Å². The van der Waals surface area contributed by atoms with Crippen molar-refractivity contribution in [2.75, 3.05) is 25.2 Å². The first kappa shape index (κ1) is 13.8. The van der Waals surface area contributed by atoms with Crippen molar-refractivity contribution in [1.29, 1.82) is 0 Å². The summed E-state index contributed by atoms with van der Waals surface area (Å²) in [7, 11) is 1.62. The SMILES string of the molecule is COCC1CN(c2ccc(C34C=CC(CC3)C4)cc2)C(=O)O1. The number of nitrogens with zero attached hydrogens (tertiary/aromatic N) is 1. The number of benzene rings is 1. The summed E-state index contributed by atoms with van der Waals surface area (Å²) in [4.78, 5) is 13.7. The van der Waals surface area contributed by atoms with E-state index in [1.165, 1.54) is 24.8 Å². The molecule has 22 heavy (non-hydrogen) atoms. The molecule has 0 N–H and O–H groups in total. The van der Waals surface area contributed by atoms with Crippen LogP contribution in [0.5, 0.6) is 0 Å². The number of anilines is 1. The molecule has 116 valence electrons. The third-order valence-electron chi connectivity index (χ3n) is 5.26. The normalized spacial score (nSPS) is 32.8.